The van der Waals surface area contributed by atoms with E-state index in [2.05, 4.69) is 25.9 Å². The number of carbonyl (C=O) groups is 1. The van der Waals surface area contributed by atoms with Gasteiger partial charge < -0.3 is 20.7 Å². The molecule has 0 aliphatic heterocycles. The Hall–Kier alpha value is -3.61. The molecule has 3 rings (SSSR count). The Kier molecular flexibility index (Phi) is 6.63. The van der Waals surface area contributed by atoms with Crippen LogP contribution in [-0.2, 0) is 11.2 Å². The van der Waals surface area contributed by atoms with Crippen LogP contribution in [0.4, 0.5) is 23.1 Å². The number of nitrogens with one attached hydrogen (secondary N) is 3. The number of methoxy groups -OCH3 is 1. The van der Waals surface area contributed by atoms with E-state index in [4.69, 9.17) is 4.74 Å². The average Bonchev–Trinajstić information content (AvgIpc) is 2.68. The van der Waals surface area contributed by atoms with E-state index in [1.807, 2.05) is 61.5 Å². The summed E-state index contributed by atoms with van der Waals surface area (Å²) >= 11 is 0. The van der Waals surface area contributed by atoms with Crippen LogP contribution < -0.4 is 20.7 Å². The maximum absolute atomic E-state index is 11.2. The van der Waals surface area contributed by atoms with Gasteiger partial charge in [0.05, 0.1) is 7.11 Å². The van der Waals surface area contributed by atoms with Gasteiger partial charge in [-0.05, 0) is 49.2 Å². The minimum Gasteiger partial charge on any atom is -0.497 e. The summed E-state index contributed by atoms with van der Waals surface area (Å²) in [6.45, 7) is 4.13. The fourth-order valence-corrected chi connectivity index (χ4v) is 2.85. The number of hydrogen-bond acceptors (Lipinski definition) is 6. The van der Waals surface area contributed by atoms with Crippen LogP contribution >= 0.6 is 0 Å². The van der Waals surface area contributed by atoms with Gasteiger partial charge in [0.25, 0.3) is 0 Å². The third kappa shape index (κ3) is 6.21. The fraction of sp³-hybridized carbons (Fsp3) is 0.227. The van der Waals surface area contributed by atoms with Gasteiger partial charge in [-0.3, -0.25) is 4.79 Å². The van der Waals surface area contributed by atoms with Crippen molar-refractivity contribution >= 4 is 29.0 Å². The summed E-state index contributed by atoms with van der Waals surface area (Å²) in [7, 11) is 1.66. The van der Waals surface area contributed by atoms with Crippen LogP contribution in [0.15, 0.2) is 54.6 Å². The number of rotatable bonds is 8. The van der Waals surface area contributed by atoms with E-state index in [9.17, 15) is 4.79 Å². The molecule has 0 atom stereocenters. The lowest BCUT2D eigenvalue weighted by molar-refractivity contribution is -0.114. The zero-order valence-electron chi connectivity index (χ0n) is 16.8. The van der Waals surface area contributed by atoms with E-state index in [0.717, 1.165) is 29.2 Å². The molecule has 0 radical (unpaired) electrons. The van der Waals surface area contributed by atoms with Gasteiger partial charge >= 0.3 is 0 Å². The van der Waals surface area contributed by atoms with E-state index >= 15 is 0 Å². The first-order valence-electron chi connectivity index (χ1n) is 9.39. The van der Waals surface area contributed by atoms with Crippen molar-refractivity contribution in [2.45, 2.75) is 20.3 Å². The lowest BCUT2D eigenvalue weighted by Gasteiger charge is -2.11. The molecule has 0 bridgehead atoms. The van der Waals surface area contributed by atoms with Crippen LogP contribution in [0.2, 0.25) is 0 Å². The lowest BCUT2D eigenvalue weighted by atomic mass is 10.1. The van der Waals surface area contributed by atoms with Crippen molar-refractivity contribution < 1.29 is 9.53 Å². The van der Waals surface area contributed by atoms with Crippen molar-refractivity contribution in [3.05, 3.63) is 65.9 Å². The molecule has 29 heavy (non-hydrogen) atoms. The standard InChI is InChI=1S/C22H25N5O2/c1-15-13-21(26-19-6-4-5-18(14-19)25-16(2)28)27-22(24-15)23-12-11-17-7-9-20(29-3)10-8-17/h4-10,13-14H,11-12H2,1-3H3,(H,25,28)(H2,23,24,26,27). The summed E-state index contributed by atoms with van der Waals surface area (Å²) in [5, 5.41) is 9.31. The van der Waals surface area contributed by atoms with E-state index < -0.39 is 0 Å². The van der Waals surface area contributed by atoms with E-state index in [-0.39, 0.29) is 5.91 Å². The molecule has 0 saturated carbocycles. The molecule has 1 aromatic heterocycles. The first-order valence-corrected chi connectivity index (χ1v) is 9.39. The largest absolute Gasteiger partial charge is 0.497 e. The molecule has 0 aliphatic rings. The maximum Gasteiger partial charge on any atom is 0.224 e. The maximum atomic E-state index is 11.2. The van der Waals surface area contributed by atoms with Crippen molar-refractivity contribution in [1.82, 2.24) is 9.97 Å². The van der Waals surface area contributed by atoms with Crippen molar-refractivity contribution in [2.24, 2.45) is 0 Å². The molecule has 7 nitrogen and oxygen atoms in total. The van der Waals surface area contributed by atoms with Gasteiger partial charge in [-0.1, -0.05) is 18.2 Å². The molecule has 7 heteroatoms. The molecule has 0 saturated heterocycles. The topological polar surface area (TPSA) is 88.2 Å². The molecule has 0 spiro atoms. The molecule has 0 aliphatic carbocycles. The van der Waals surface area contributed by atoms with Crippen LogP contribution in [0.25, 0.3) is 0 Å². The highest BCUT2D eigenvalue weighted by molar-refractivity contribution is 5.89. The first-order chi connectivity index (χ1) is 14.0. The first kappa shape index (κ1) is 20.1. The minimum absolute atomic E-state index is 0.108. The predicted octanol–water partition coefficient (Wildman–Crippen LogP) is 4.15. The Morgan fingerprint density at radius 2 is 1.79 bits per heavy atom. The second-order valence-corrected chi connectivity index (χ2v) is 6.63. The molecule has 3 aromatic rings. The fourth-order valence-electron chi connectivity index (χ4n) is 2.85. The van der Waals surface area contributed by atoms with Crippen molar-refractivity contribution in [3.8, 4) is 5.75 Å². The number of nitrogens with zero attached hydrogens (tertiary/aromatic N) is 2. The van der Waals surface area contributed by atoms with Crippen LogP contribution in [-0.4, -0.2) is 29.5 Å². The second kappa shape index (κ2) is 9.54. The summed E-state index contributed by atoms with van der Waals surface area (Å²) in [6, 6.07) is 17.4. The predicted molar refractivity (Wildman–Crippen MR) is 116 cm³/mol. The number of aryl methyl sites for hydroxylation is 1. The molecule has 1 amide bonds. The molecule has 0 unspecified atom stereocenters. The summed E-state index contributed by atoms with van der Waals surface area (Å²) in [6.07, 6.45) is 0.850. The van der Waals surface area contributed by atoms with Crippen LogP contribution in [0.1, 0.15) is 18.2 Å². The van der Waals surface area contributed by atoms with E-state index in [1.54, 1.807) is 7.11 Å². The monoisotopic (exact) mass is 391 g/mol. The van der Waals surface area contributed by atoms with Crippen LogP contribution in [0.5, 0.6) is 5.75 Å². The van der Waals surface area contributed by atoms with Crippen molar-refractivity contribution in [1.29, 1.82) is 0 Å². The van der Waals surface area contributed by atoms with Crippen molar-refractivity contribution in [3.63, 3.8) is 0 Å². The summed E-state index contributed by atoms with van der Waals surface area (Å²) < 4.78 is 5.18. The minimum atomic E-state index is -0.108. The number of carbonyl (C=O) groups excluding carboxylic acids is 1. The third-order valence-corrected chi connectivity index (χ3v) is 4.17. The van der Waals surface area contributed by atoms with Crippen LogP contribution in [0.3, 0.4) is 0 Å². The van der Waals surface area contributed by atoms with Gasteiger partial charge in [-0.25, -0.2) is 4.98 Å². The molecular weight excluding hydrogens is 366 g/mol. The number of anilines is 4. The van der Waals surface area contributed by atoms with Gasteiger partial charge in [0.15, 0.2) is 0 Å². The molecule has 0 fully saturated rings. The molecule has 2 aromatic carbocycles. The highest BCUT2D eigenvalue weighted by Gasteiger charge is 2.04. The second-order valence-electron chi connectivity index (χ2n) is 6.63. The highest BCUT2D eigenvalue weighted by Crippen LogP contribution is 2.20. The number of hydrogen-bond donors (Lipinski definition) is 3. The van der Waals surface area contributed by atoms with Crippen molar-refractivity contribution in [2.75, 3.05) is 29.6 Å². The van der Waals surface area contributed by atoms with Crippen LogP contribution in [0, 0.1) is 6.92 Å². The Morgan fingerprint density at radius 3 is 2.52 bits per heavy atom. The third-order valence-electron chi connectivity index (χ3n) is 4.17. The van der Waals surface area contributed by atoms with Gasteiger partial charge in [-0.15, -0.1) is 0 Å². The lowest BCUT2D eigenvalue weighted by Crippen LogP contribution is -2.10. The molecule has 150 valence electrons. The highest BCUT2D eigenvalue weighted by atomic mass is 16.5. The number of amides is 1. The molecule has 3 N–H and O–H groups in total. The van der Waals surface area contributed by atoms with Gasteiger partial charge in [-0.2, -0.15) is 4.98 Å². The van der Waals surface area contributed by atoms with Gasteiger partial charge in [0, 0.05) is 36.6 Å². The summed E-state index contributed by atoms with van der Waals surface area (Å²) in [5.74, 6) is 1.99. The summed E-state index contributed by atoms with van der Waals surface area (Å²) in [4.78, 5) is 20.2. The quantitative estimate of drug-likeness (QED) is 0.535. The molecule has 1 heterocycles. The van der Waals surface area contributed by atoms with Gasteiger partial charge in [0.2, 0.25) is 11.9 Å². The normalized spacial score (nSPS) is 10.3. The average molecular weight is 391 g/mol. The Labute approximate surface area is 170 Å². The zero-order chi connectivity index (χ0) is 20.6. The number of ether oxygens (including phenoxy) is 1. The zero-order valence-corrected chi connectivity index (χ0v) is 16.8. The number of aromatic nitrogens is 2. The van der Waals surface area contributed by atoms with E-state index in [0.29, 0.717) is 18.3 Å². The smallest absolute Gasteiger partial charge is 0.224 e. The summed E-state index contributed by atoms with van der Waals surface area (Å²) in [5.41, 5.74) is 3.62. The molecular formula is C22H25N5O2. The van der Waals surface area contributed by atoms with Gasteiger partial charge in [0.1, 0.15) is 11.6 Å². The Morgan fingerprint density at radius 1 is 1.03 bits per heavy atom. The number of benzene rings is 2. The Bertz CT molecular complexity index is 973. The SMILES string of the molecule is COc1ccc(CCNc2nc(C)cc(Nc3cccc(NC(C)=O)c3)n2)cc1. The Balaban J connectivity index is 1.62. The van der Waals surface area contributed by atoms with E-state index in [1.165, 1.54) is 12.5 Å².